The zero-order valence-electron chi connectivity index (χ0n) is 19.2. The summed E-state index contributed by atoms with van der Waals surface area (Å²) in [6, 6.07) is 2.86. The molecule has 0 spiro atoms. The first-order valence-corrected chi connectivity index (χ1v) is 11.5. The highest BCUT2D eigenvalue weighted by molar-refractivity contribution is 5.59. The molecular formula is C23H34FN7O. The average molecular weight is 444 g/mol. The number of halogens is 1. The summed E-state index contributed by atoms with van der Waals surface area (Å²) in [5.74, 6) is 0.628. The van der Waals surface area contributed by atoms with Gasteiger partial charge in [0, 0.05) is 37.8 Å². The van der Waals surface area contributed by atoms with Crippen molar-refractivity contribution in [2.45, 2.75) is 70.5 Å². The van der Waals surface area contributed by atoms with Crippen LogP contribution in [0.15, 0.2) is 18.6 Å². The summed E-state index contributed by atoms with van der Waals surface area (Å²) < 4.78 is 19.7. The van der Waals surface area contributed by atoms with Crippen LogP contribution in [0.3, 0.4) is 0 Å². The molecule has 174 valence electrons. The smallest absolute Gasteiger partial charge is 0.223 e. The van der Waals surface area contributed by atoms with Crippen LogP contribution in [0.1, 0.15) is 52.4 Å². The average Bonchev–Trinajstić information content (AvgIpc) is 3.53. The number of anilines is 2. The van der Waals surface area contributed by atoms with Gasteiger partial charge in [-0.15, -0.1) is 0 Å². The Balaban J connectivity index is 1.36. The Kier molecular flexibility index (Phi) is 7.15. The Labute approximate surface area is 189 Å². The second-order valence-electron chi connectivity index (χ2n) is 9.56. The zero-order chi connectivity index (χ0) is 22.6. The van der Waals surface area contributed by atoms with Crippen LogP contribution in [0.4, 0.5) is 16.2 Å². The van der Waals surface area contributed by atoms with E-state index in [-0.39, 0.29) is 11.7 Å². The molecule has 0 radical (unpaired) electrons. The number of hydrogen-bond acceptors (Lipinski definition) is 8. The van der Waals surface area contributed by atoms with Gasteiger partial charge in [-0.3, -0.25) is 0 Å². The summed E-state index contributed by atoms with van der Waals surface area (Å²) in [6.45, 7) is 5.95. The maximum absolute atomic E-state index is 14.5. The van der Waals surface area contributed by atoms with Gasteiger partial charge in [0.1, 0.15) is 17.8 Å². The van der Waals surface area contributed by atoms with Crippen molar-refractivity contribution in [1.82, 2.24) is 25.3 Å². The van der Waals surface area contributed by atoms with Crippen LogP contribution >= 0.6 is 0 Å². The van der Waals surface area contributed by atoms with Crippen LogP contribution < -0.4 is 16.0 Å². The fraction of sp³-hybridized carbons (Fsp3) is 0.652. The van der Waals surface area contributed by atoms with Crippen molar-refractivity contribution in [3.63, 3.8) is 0 Å². The van der Waals surface area contributed by atoms with Crippen LogP contribution in [0.5, 0.6) is 0 Å². The summed E-state index contributed by atoms with van der Waals surface area (Å²) in [4.78, 5) is 17.1. The number of rotatable bonds is 10. The lowest BCUT2D eigenvalue weighted by Gasteiger charge is -2.31. The third-order valence-electron chi connectivity index (χ3n) is 6.45. The SMILES string of the molecule is COCC(C)NC1CCC(Nc2ncc(F)c(-c3cc(NCC4(C)CC4)ncn3)n2)CC1. The molecule has 4 rings (SSSR count). The second kappa shape index (κ2) is 10.0. The summed E-state index contributed by atoms with van der Waals surface area (Å²) in [5.41, 5.74) is 0.986. The highest BCUT2D eigenvalue weighted by Gasteiger charge is 2.36. The van der Waals surface area contributed by atoms with E-state index in [0.29, 0.717) is 41.6 Å². The van der Waals surface area contributed by atoms with E-state index in [1.54, 1.807) is 13.2 Å². The monoisotopic (exact) mass is 443 g/mol. The number of hydrogen-bond donors (Lipinski definition) is 3. The topological polar surface area (TPSA) is 96.9 Å². The Bertz CT molecular complexity index is 900. The minimum atomic E-state index is -0.491. The molecule has 2 aromatic rings. The molecule has 0 aromatic carbocycles. The highest BCUT2D eigenvalue weighted by atomic mass is 19.1. The predicted octanol–water partition coefficient (Wildman–Crippen LogP) is 3.63. The largest absolute Gasteiger partial charge is 0.383 e. The first-order valence-electron chi connectivity index (χ1n) is 11.5. The molecule has 2 aliphatic rings. The van der Waals surface area contributed by atoms with Crippen molar-refractivity contribution in [1.29, 1.82) is 0 Å². The Morgan fingerprint density at radius 1 is 1.16 bits per heavy atom. The fourth-order valence-corrected chi connectivity index (χ4v) is 4.18. The molecule has 9 heteroatoms. The van der Waals surface area contributed by atoms with Crippen LogP contribution in [0, 0.1) is 11.2 Å². The van der Waals surface area contributed by atoms with Gasteiger partial charge in [0.25, 0.3) is 0 Å². The lowest BCUT2D eigenvalue weighted by Crippen LogP contribution is -2.43. The van der Waals surface area contributed by atoms with Crippen LogP contribution in [-0.2, 0) is 4.74 Å². The van der Waals surface area contributed by atoms with Crippen molar-refractivity contribution in [2.24, 2.45) is 5.41 Å². The molecule has 1 unspecified atom stereocenters. The maximum atomic E-state index is 14.5. The predicted molar refractivity (Wildman–Crippen MR) is 123 cm³/mol. The molecule has 2 heterocycles. The minimum absolute atomic E-state index is 0.189. The molecule has 2 fully saturated rings. The van der Waals surface area contributed by atoms with E-state index in [2.05, 4.69) is 49.7 Å². The third kappa shape index (κ3) is 6.10. The number of aromatic nitrogens is 4. The lowest BCUT2D eigenvalue weighted by atomic mass is 9.91. The van der Waals surface area contributed by atoms with Crippen LogP contribution in [-0.4, -0.2) is 58.3 Å². The second-order valence-corrected chi connectivity index (χ2v) is 9.56. The van der Waals surface area contributed by atoms with Crippen molar-refractivity contribution < 1.29 is 9.13 Å². The fourth-order valence-electron chi connectivity index (χ4n) is 4.18. The molecule has 8 nitrogen and oxygen atoms in total. The number of nitrogens with zero attached hydrogens (tertiary/aromatic N) is 4. The van der Waals surface area contributed by atoms with Gasteiger partial charge in [0.05, 0.1) is 18.5 Å². The van der Waals surface area contributed by atoms with E-state index in [0.717, 1.165) is 32.2 Å². The van der Waals surface area contributed by atoms with E-state index in [1.807, 2.05) is 0 Å². The van der Waals surface area contributed by atoms with E-state index in [9.17, 15) is 4.39 Å². The summed E-state index contributed by atoms with van der Waals surface area (Å²) >= 11 is 0. The van der Waals surface area contributed by atoms with Crippen molar-refractivity contribution in [3.05, 3.63) is 24.4 Å². The number of methoxy groups -OCH3 is 1. The summed E-state index contributed by atoms with van der Waals surface area (Å²) in [5, 5.41) is 10.3. The van der Waals surface area contributed by atoms with E-state index >= 15 is 0 Å². The molecule has 2 saturated carbocycles. The van der Waals surface area contributed by atoms with Crippen LogP contribution in [0.2, 0.25) is 0 Å². The van der Waals surface area contributed by atoms with Crippen LogP contribution in [0.25, 0.3) is 11.4 Å². The molecule has 2 aromatic heterocycles. The number of ether oxygens (including phenoxy) is 1. The van der Waals surface area contributed by atoms with Crippen molar-refractivity contribution in [3.8, 4) is 11.4 Å². The Morgan fingerprint density at radius 2 is 1.91 bits per heavy atom. The molecular weight excluding hydrogens is 409 g/mol. The van der Waals surface area contributed by atoms with Gasteiger partial charge < -0.3 is 20.7 Å². The van der Waals surface area contributed by atoms with Gasteiger partial charge in [0.2, 0.25) is 5.95 Å². The van der Waals surface area contributed by atoms with Gasteiger partial charge in [-0.2, -0.15) is 0 Å². The molecule has 0 aliphatic heterocycles. The van der Waals surface area contributed by atoms with Crippen molar-refractivity contribution in [2.75, 3.05) is 30.9 Å². The quantitative estimate of drug-likeness (QED) is 0.512. The van der Waals surface area contributed by atoms with Gasteiger partial charge in [0.15, 0.2) is 5.82 Å². The van der Waals surface area contributed by atoms with Gasteiger partial charge in [-0.05, 0) is 50.9 Å². The highest BCUT2D eigenvalue weighted by Crippen LogP contribution is 2.44. The molecule has 0 amide bonds. The first kappa shape index (κ1) is 22.8. The first-order chi connectivity index (χ1) is 15.4. The summed E-state index contributed by atoms with van der Waals surface area (Å²) in [7, 11) is 1.73. The standard InChI is InChI=1S/C23H34FN7O/c1-15(12-32-3)29-16-4-6-17(7-5-16)30-22-25-11-18(24)21(31-22)19-10-20(28-14-27-19)26-13-23(2)8-9-23/h10-11,14-17,29H,4-9,12-13H2,1-3H3,(H,25,30,31)(H,26,27,28). The zero-order valence-corrected chi connectivity index (χ0v) is 19.2. The lowest BCUT2D eigenvalue weighted by molar-refractivity contribution is 0.161. The molecule has 32 heavy (non-hydrogen) atoms. The van der Waals surface area contributed by atoms with E-state index in [1.165, 1.54) is 25.4 Å². The normalized spacial score (nSPS) is 22.9. The minimum Gasteiger partial charge on any atom is -0.383 e. The third-order valence-corrected chi connectivity index (χ3v) is 6.45. The van der Waals surface area contributed by atoms with Gasteiger partial charge in [-0.1, -0.05) is 6.92 Å². The molecule has 0 saturated heterocycles. The number of nitrogens with one attached hydrogen (secondary N) is 3. The molecule has 2 aliphatic carbocycles. The maximum Gasteiger partial charge on any atom is 0.223 e. The van der Waals surface area contributed by atoms with Crippen molar-refractivity contribution >= 4 is 11.8 Å². The molecule has 1 atom stereocenters. The van der Waals surface area contributed by atoms with E-state index in [4.69, 9.17) is 4.74 Å². The molecule has 0 bridgehead atoms. The summed E-state index contributed by atoms with van der Waals surface area (Å²) in [6.07, 6.45) is 9.25. The molecule has 3 N–H and O–H groups in total. The Morgan fingerprint density at radius 3 is 2.62 bits per heavy atom. The van der Waals surface area contributed by atoms with Gasteiger partial charge in [-0.25, -0.2) is 24.3 Å². The van der Waals surface area contributed by atoms with Gasteiger partial charge >= 0.3 is 0 Å². The van der Waals surface area contributed by atoms with E-state index < -0.39 is 5.82 Å². The Hall–Kier alpha value is -2.39.